The number of hydrogen-bond donors (Lipinski definition) is 2. The summed E-state index contributed by atoms with van der Waals surface area (Å²) >= 11 is 0. The third-order valence-electron chi connectivity index (χ3n) is 6.00. The van der Waals surface area contributed by atoms with E-state index in [1.165, 1.54) is 25.9 Å². The Kier molecular flexibility index (Phi) is 5.65. The lowest BCUT2D eigenvalue weighted by atomic mass is 10.1. The summed E-state index contributed by atoms with van der Waals surface area (Å²) in [4.78, 5) is 24.7. The van der Waals surface area contributed by atoms with Crippen LogP contribution in [0.2, 0.25) is 0 Å². The second-order valence-corrected chi connectivity index (χ2v) is 8.37. The van der Waals surface area contributed by atoms with Crippen molar-refractivity contribution in [3.63, 3.8) is 0 Å². The van der Waals surface area contributed by atoms with Gasteiger partial charge in [-0.05, 0) is 37.7 Å². The lowest BCUT2D eigenvalue weighted by molar-refractivity contribution is 0.0751. The number of fused-ring (bicyclic) bond motifs is 1. The molecule has 168 valence electrons. The number of hydrogen-bond acceptors (Lipinski definition) is 6. The molecular weight excluding hydrogens is 413 g/mol. The number of ether oxygens (including phenoxy) is 2. The number of benzene rings is 1. The molecule has 1 saturated carbocycles. The number of amides is 1. The average Bonchev–Trinajstić information content (AvgIpc) is 3.54. The van der Waals surface area contributed by atoms with Crippen molar-refractivity contribution in [1.82, 2.24) is 25.4 Å². The lowest BCUT2D eigenvalue weighted by Crippen LogP contribution is -2.45. The topological polar surface area (TPSA) is 92.4 Å². The molecule has 2 fully saturated rings. The van der Waals surface area contributed by atoms with Crippen LogP contribution < -0.4 is 14.9 Å². The fourth-order valence-electron chi connectivity index (χ4n) is 4.01. The Morgan fingerprint density at radius 1 is 1.22 bits per heavy atom. The van der Waals surface area contributed by atoms with Crippen molar-refractivity contribution in [2.24, 2.45) is 5.92 Å². The number of methoxy groups -OCH3 is 1. The molecule has 1 aliphatic carbocycles. The van der Waals surface area contributed by atoms with Crippen LogP contribution in [0.15, 0.2) is 24.7 Å². The van der Waals surface area contributed by atoms with Crippen LogP contribution in [-0.2, 0) is 0 Å². The van der Waals surface area contributed by atoms with Crippen LogP contribution in [0.4, 0.5) is 4.39 Å². The summed E-state index contributed by atoms with van der Waals surface area (Å²) in [6.45, 7) is 2.23. The van der Waals surface area contributed by atoms with E-state index < -0.39 is 5.82 Å². The number of piperidine rings is 1. The van der Waals surface area contributed by atoms with E-state index in [0.717, 1.165) is 38.8 Å². The number of H-pyrrole nitrogens is 1. The number of nitrogens with zero attached hydrogens (tertiary/aromatic N) is 3. The smallest absolute Gasteiger partial charge is 0.269 e. The normalized spacial score (nSPS) is 16.8. The van der Waals surface area contributed by atoms with Crippen LogP contribution >= 0.6 is 0 Å². The van der Waals surface area contributed by atoms with Crippen LogP contribution in [0.25, 0.3) is 22.3 Å². The predicted molar refractivity (Wildman–Crippen MR) is 117 cm³/mol. The maximum absolute atomic E-state index is 14.6. The first-order valence-corrected chi connectivity index (χ1v) is 11.0. The van der Waals surface area contributed by atoms with Crippen molar-refractivity contribution in [3.8, 4) is 22.8 Å². The highest BCUT2D eigenvalue weighted by atomic mass is 19.1. The molecule has 8 nitrogen and oxygen atoms in total. The number of rotatable bonds is 7. The molecule has 3 heterocycles. The highest BCUT2D eigenvalue weighted by Crippen LogP contribution is 2.39. The van der Waals surface area contributed by atoms with Crippen molar-refractivity contribution in [1.29, 1.82) is 0 Å². The summed E-state index contributed by atoms with van der Waals surface area (Å²) < 4.78 is 25.8. The molecule has 0 radical (unpaired) electrons. The Labute approximate surface area is 185 Å². The molecule has 1 amide bonds. The molecule has 1 aromatic carbocycles. The Morgan fingerprint density at radius 2 is 2.03 bits per heavy atom. The highest BCUT2D eigenvalue weighted by Gasteiger charge is 2.25. The van der Waals surface area contributed by atoms with Gasteiger partial charge in [0.2, 0.25) is 0 Å². The molecule has 0 spiro atoms. The standard InChI is InChI=1S/C23H26FN5O3/c1-31-19-10-18(32-12-14-5-6-14)15(9-17(19)24)20-22-21(27-13-26-20)16(11-25-22)23(30)28-29-7-3-2-4-8-29/h9-11,13-14,25H,2-8,12H2,1H3,(H,28,30). The van der Waals surface area contributed by atoms with E-state index in [9.17, 15) is 9.18 Å². The summed E-state index contributed by atoms with van der Waals surface area (Å²) in [5.74, 6) is 0.387. The molecule has 9 heteroatoms. The SMILES string of the molecule is COc1cc(OCC2CC2)c(-c2ncnc3c(C(=O)NN4CCCCC4)c[nH]c23)cc1F. The minimum absolute atomic E-state index is 0.109. The first kappa shape index (κ1) is 20.7. The van der Waals surface area contributed by atoms with Crippen LogP contribution in [0.1, 0.15) is 42.5 Å². The fourth-order valence-corrected chi connectivity index (χ4v) is 4.01. The van der Waals surface area contributed by atoms with E-state index in [1.54, 1.807) is 12.3 Å². The van der Waals surface area contributed by atoms with Gasteiger partial charge in [0, 0.05) is 30.9 Å². The van der Waals surface area contributed by atoms with Gasteiger partial charge in [-0.25, -0.2) is 19.4 Å². The van der Waals surface area contributed by atoms with E-state index in [2.05, 4.69) is 20.4 Å². The monoisotopic (exact) mass is 439 g/mol. The number of aromatic nitrogens is 3. The van der Waals surface area contributed by atoms with Gasteiger partial charge in [0.1, 0.15) is 23.3 Å². The molecule has 3 aromatic rings. The van der Waals surface area contributed by atoms with Crippen molar-refractivity contribution >= 4 is 16.9 Å². The summed E-state index contributed by atoms with van der Waals surface area (Å²) in [5.41, 5.74) is 5.37. The maximum Gasteiger partial charge on any atom is 0.269 e. The van der Waals surface area contributed by atoms with Crippen molar-refractivity contribution in [2.45, 2.75) is 32.1 Å². The summed E-state index contributed by atoms with van der Waals surface area (Å²) in [6.07, 6.45) is 8.58. The summed E-state index contributed by atoms with van der Waals surface area (Å²) in [5, 5.41) is 1.94. The molecule has 32 heavy (non-hydrogen) atoms. The molecular formula is C23H26FN5O3. The lowest BCUT2D eigenvalue weighted by Gasteiger charge is -2.26. The molecule has 2 N–H and O–H groups in total. The number of hydrazine groups is 1. The fraction of sp³-hybridized carbons (Fsp3) is 0.435. The molecule has 2 aromatic heterocycles. The van der Waals surface area contributed by atoms with Gasteiger partial charge in [-0.1, -0.05) is 6.42 Å². The number of aromatic amines is 1. The van der Waals surface area contributed by atoms with Crippen LogP contribution in [-0.4, -0.2) is 52.7 Å². The van der Waals surface area contributed by atoms with Gasteiger partial charge < -0.3 is 14.5 Å². The largest absolute Gasteiger partial charge is 0.494 e. The Morgan fingerprint density at radius 3 is 2.78 bits per heavy atom. The minimum atomic E-state index is -0.511. The second kappa shape index (κ2) is 8.74. The maximum atomic E-state index is 14.6. The molecule has 2 aliphatic rings. The third-order valence-corrected chi connectivity index (χ3v) is 6.00. The zero-order valence-electron chi connectivity index (χ0n) is 18.0. The number of carbonyl (C=O) groups is 1. The van der Waals surface area contributed by atoms with Gasteiger partial charge in [0.25, 0.3) is 5.91 Å². The molecule has 5 rings (SSSR count). The van der Waals surface area contributed by atoms with Crippen molar-refractivity contribution < 1.29 is 18.7 Å². The quantitative estimate of drug-likeness (QED) is 0.583. The number of carbonyl (C=O) groups excluding carboxylic acids is 1. The Balaban J connectivity index is 1.50. The predicted octanol–water partition coefficient (Wildman–Crippen LogP) is 3.69. The number of nitrogens with one attached hydrogen (secondary N) is 2. The zero-order chi connectivity index (χ0) is 22.1. The van der Waals surface area contributed by atoms with E-state index in [1.807, 2.05) is 5.01 Å². The van der Waals surface area contributed by atoms with Crippen LogP contribution in [0.5, 0.6) is 11.5 Å². The van der Waals surface area contributed by atoms with Gasteiger partial charge in [-0.2, -0.15) is 0 Å². The third kappa shape index (κ3) is 4.12. The molecule has 1 aliphatic heterocycles. The van der Waals surface area contributed by atoms with E-state index >= 15 is 0 Å². The molecule has 0 unspecified atom stereocenters. The minimum Gasteiger partial charge on any atom is -0.494 e. The average molecular weight is 439 g/mol. The van der Waals surface area contributed by atoms with E-state index in [4.69, 9.17) is 9.47 Å². The molecule has 0 atom stereocenters. The van der Waals surface area contributed by atoms with Crippen molar-refractivity contribution in [2.75, 3.05) is 26.8 Å². The van der Waals surface area contributed by atoms with Crippen LogP contribution in [0.3, 0.4) is 0 Å². The first-order valence-electron chi connectivity index (χ1n) is 11.0. The summed E-state index contributed by atoms with van der Waals surface area (Å²) in [6, 6.07) is 2.91. The Hall–Kier alpha value is -3.20. The highest BCUT2D eigenvalue weighted by molar-refractivity contribution is 6.07. The molecule has 1 saturated heterocycles. The van der Waals surface area contributed by atoms with Gasteiger partial charge >= 0.3 is 0 Å². The van der Waals surface area contributed by atoms with Gasteiger partial charge in [-0.3, -0.25) is 10.2 Å². The zero-order valence-corrected chi connectivity index (χ0v) is 18.0. The van der Waals surface area contributed by atoms with E-state index in [-0.39, 0.29) is 11.7 Å². The van der Waals surface area contributed by atoms with Crippen LogP contribution in [0, 0.1) is 11.7 Å². The first-order chi connectivity index (χ1) is 15.6. The molecule has 0 bridgehead atoms. The van der Waals surface area contributed by atoms with Gasteiger partial charge in [-0.15, -0.1) is 0 Å². The van der Waals surface area contributed by atoms with Gasteiger partial charge in [0.05, 0.1) is 24.8 Å². The number of halogens is 1. The Bertz CT molecular complexity index is 1140. The van der Waals surface area contributed by atoms with Gasteiger partial charge in [0.15, 0.2) is 11.6 Å². The van der Waals surface area contributed by atoms with E-state index in [0.29, 0.717) is 46.1 Å². The van der Waals surface area contributed by atoms with Crippen molar-refractivity contribution in [3.05, 3.63) is 36.0 Å². The second-order valence-electron chi connectivity index (χ2n) is 8.37. The summed E-state index contributed by atoms with van der Waals surface area (Å²) in [7, 11) is 1.42.